The second-order valence-electron chi connectivity index (χ2n) is 2.63. The zero-order chi connectivity index (χ0) is 11.7. The maximum Gasteiger partial charge on any atom is 0.332 e. The summed E-state index contributed by atoms with van der Waals surface area (Å²) in [4.78, 5) is 11.1. The number of aliphatic hydroxyl groups excluding tert-OH is 2. The second kappa shape index (κ2) is 8.04. The molecule has 0 aliphatic heterocycles. The van der Waals surface area contributed by atoms with Gasteiger partial charge in [-0.3, -0.25) is 0 Å². The van der Waals surface area contributed by atoms with Crippen LogP contribution in [0.5, 0.6) is 0 Å². The third kappa shape index (κ3) is 6.83. The second-order valence-corrected chi connectivity index (χ2v) is 5.84. The third-order valence-electron chi connectivity index (χ3n) is 1.36. The summed E-state index contributed by atoms with van der Waals surface area (Å²) in [6, 6.07) is 0. The molecule has 0 saturated heterocycles. The van der Waals surface area contributed by atoms with E-state index in [2.05, 4.69) is 6.58 Å². The van der Waals surface area contributed by atoms with Crippen LogP contribution < -0.4 is 0 Å². The molecule has 0 saturated carbocycles. The smallest absolute Gasteiger partial charge is 0.332 e. The van der Waals surface area contributed by atoms with E-state index in [4.69, 9.17) is 14.9 Å². The Morgan fingerprint density at radius 2 is 1.87 bits per heavy atom. The fourth-order valence-corrected chi connectivity index (χ4v) is 2.83. The quantitative estimate of drug-likeness (QED) is 0.379. The number of hydrogen-bond donors (Lipinski definition) is 2. The summed E-state index contributed by atoms with van der Waals surface area (Å²) in [5, 5.41) is 17.4. The lowest BCUT2D eigenvalue weighted by Gasteiger charge is -2.27. The molecule has 0 unspecified atom stereocenters. The molecule has 15 heavy (non-hydrogen) atoms. The van der Waals surface area contributed by atoms with Crippen molar-refractivity contribution in [3.05, 3.63) is 12.7 Å². The highest BCUT2D eigenvalue weighted by Gasteiger charge is 2.28. The van der Waals surface area contributed by atoms with Crippen LogP contribution in [0.15, 0.2) is 12.7 Å². The van der Waals surface area contributed by atoms with Crippen molar-refractivity contribution in [3.8, 4) is 0 Å². The summed E-state index contributed by atoms with van der Waals surface area (Å²) in [7, 11) is 0. The molecule has 0 heterocycles. The van der Waals surface area contributed by atoms with Crippen molar-refractivity contribution < 1.29 is 19.7 Å². The molecule has 0 fully saturated rings. The van der Waals surface area contributed by atoms with E-state index >= 15 is 0 Å². The highest BCUT2D eigenvalue weighted by atomic mass is 32.2. The molecule has 0 aliphatic carbocycles. The van der Waals surface area contributed by atoms with Crippen molar-refractivity contribution in [1.29, 1.82) is 0 Å². The van der Waals surface area contributed by atoms with Gasteiger partial charge in [0.15, 0.2) is 0 Å². The van der Waals surface area contributed by atoms with Gasteiger partial charge in [-0.15, -0.1) is 23.5 Å². The van der Waals surface area contributed by atoms with E-state index in [-0.39, 0.29) is 13.2 Å². The van der Waals surface area contributed by atoms with E-state index in [9.17, 15) is 4.79 Å². The van der Waals surface area contributed by atoms with Crippen LogP contribution in [0.25, 0.3) is 0 Å². The van der Waals surface area contributed by atoms with Gasteiger partial charge in [0.25, 0.3) is 0 Å². The standard InChI is InChI=1S/C9H16O4S2/c1-3-8(12)13-9(2,14-6-4-10)15-7-5-11/h3,10-11H,1,4-7H2,2H3. The highest BCUT2D eigenvalue weighted by molar-refractivity contribution is 8.17. The van der Waals surface area contributed by atoms with Gasteiger partial charge < -0.3 is 14.9 Å². The molecule has 0 rings (SSSR count). The lowest BCUT2D eigenvalue weighted by molar-refractivity contribution is -0.140. The zero-order valence-corrected chi connectivity index (χ0v) is 10.3. The van der Waals surface area contributed by atoms with Crippen LogP contribution in [-0.4, -0.2) is 45.2 Å². The van der Waals surface area contributed by atoms with E-state index in [0.29, 0.717) is 11.5 Å². The van der Waals surface area contributed by atoms with E-state index in [1.165, 1.54) is 23.5 Å². The molecular formula is C9H16O4S2. The molecule has 4 nitrogen and oxygen atoms in total. The maximum atomic E-state index is 11.1. The van der Waals surface area contributed by atoms with Gasteiger partial charge in [-0.1, -0.05) is 6.58 Å². The summed E-state index contributed by atoms with van der Waals surface area (Å²) in [5.74, 6) is 0.437. The van der Waals surface area contributed by atoms with Gasteiger partial charge >= 0.3 is 5.97 Å². The summed E-state index contributed by atoms with van der Waals surface area (Å²) < 4.78 is 4.36. The predicted octanol–water partition coefficient (Wildman–Crippen LogP) is 0.840. The first-order chi connectivity index (χ1) is 7.08. The van der Waals surface area contributed by atoms with E-state index in [0.717, 1.165) is 6.08 Å². The molecule has 6 heteroatoms. The molecule has 0 amide bonds. The van der Waals surface area contributed by atoms with Crippen LogP contribution in [0.3, 0.4) is 0 Å². The molecule has 0 atom stereocenters. The van der Waals surface area contributed by atoms with Crippen LogP contribution in [0.4, 0.5) is 0 Å². The molecule has 0 spiro atoms. The number of thioether (sulfide) groups is 2. The Bertz CT molecular complexity index is 200. The van der Waals surface area contributed by atoms with Crippen molar-refractivity contribution in [2.75, 3.05) is 24.7 Å². The molecule has 0 aliphatic rings. The first-order valence-electron chi connectivity index (χ1n) is 4.43. The Labute approximate surface area is 98.1 Å². The van der Waals surface area contributed by atoms with Crippen LogP contribution in [0.1, 0.15) is 6.92 Å². The summed E-state index contributed by atoms with van der Waals surface area (Å²) in [6.45, 7) is 5.08. The van der Waals surface area contributed by atoms with E-state index in [1.54, 1.807) is 6.92 Å². The number of carbonyl (C=O) groups excluding carboxylic acids is 1. The number of aliphatic hydroxyl groups is 2. The minimum atomic E-state index is -0.781. The topological polar surface area (TPSA) is 66.8 Å². The lowest BCUT2D eigenvalue weighted by atomic mass is 10.6. The largest absolute Gasteiger partial charge is 0.435 e. The van der Waals surface area contributed by atoms with Crippen LogP contribution in [0, 0.1) is 0 Å². The molecule has 0 bridgehead atoms. The predicted molar refractivity (Wildman–Crippen MR) is 63.8 cm³/mol. The van der Waals surface area contributed by atoms with Crippen LogP contribution >= 0.6 is 23.5 Å². The van der Waals surface area contributed by atoms with Gasteiger partial charge in [0.05, 0.1) is 13.2 Å². The summed E-state index contributed by atoms with van der Waals surface area (Å²) >= 11 is 2.64. The zero-order valence-electron chi connectivity index (χ0n) is 8.64. The minimum Gasteiger partial charge on any atom is -0.435 e. The highest BCUT2D eigenvalue weighted by Crippen LogP contribution is 2.37. The van der Waals surface area contributed by atoms with Crippen molar-refractivity contribution >= 4 is 29.5 Å². The van der Waals surface area contributed by atoms with Gasteiger partial charge in [-0.2, -0.15) is 0 Å². The van der Waals surface area contributed by atoms with Crippen molar-refractivity contribution in [2.24, 2.45) is 0 Å². The average molecular weight is 252 g/mol. The van der Waals surface area contributed by atoms with E-state index < -0.39 is 10.2 Å². The number of ether oxygens (including phenoxy) is 1. The van der Waals surface area contributed by atoms with Crippen molar-refractivity contribution in [1.82, 2.24) is 0 Å². The Hall–Kier alpha value is -0.170. The molecule has 88 valence electrons. The van der Waals surface area contributed by atoms with Gasteiger partial charge in [0, 0.05) is 17.6 Å². The summed E-state index contributed by atoms with van der Waals surface area (Å²) in [6.07, 6.45) is 1.09. The third-order valence-corrected chi connectivity index (χ3v) is 4.06. The first-order valence-corrected chi connectivity index (χ1v) is 6.40. The van der Waals surface area contributed by atoms with Gasteiger partial charge in [-0.25, -0.2) is 4.79 Å². The van der Waals surface area contributed by atoms with Crippen LogP contribution in [-0.2, 0) is 9.53 Å². The average Bonchev–Trinajstić information content (AvgIpc) is 2.23. The van der Waals surface area contributed by atoms with Crippen LogP contribution in [0.2, 0.25) is 0 Å². The van der Waals surface area contributed by atoms with Crippen molar-refractivity contribution in [2.45, 2.75) is 11.2 Å². The monoisotopic (exact) mass is 252 g/mol. The Balaban J connectivity index is 4.24. The minimum absolute atomic E-state index is 0.0194. The van der Waals surface area contributed by atoms with E-state index in [1.807, 2.05) is 0 Å². The molecule has 0 aromatic heterocycles. The normalized spacial score (nSPS) is 11.1. The number of rotatable bonds is 8. The fourth-order valence-electron chi connectivity index (χ4n) is 0.787. The number of carbonyl (C=O) groups is 1. The molecular weight excluding hydrogens is 236 g/mol. The molecule has 0 radical (unpaired) electrons. The first kappa shape index (κ1) is 14.8. The fraction of sp³-hybridized carbons (Fsp3) is 0.667. The van der Waals surface area contributed by atoms with Gasteiger partial charge in [0.1, 0.15) is 0 Å². The lowest BCUT2D eigenvalue weighted by Crippen LogP contribution is -2.25. The Morgan fingerprint density at radius 3 is 2.20 bits per heavy atom. The van der Waals surface area contributed by atoms with Crippen molar-refractivity contribution in [3.63, 3.8) is 0 Å². The summed E-state index contributed by atoms with van der Waals surface area (Å²) in [5.41, 5.74) is 0. The molecule has 0 aromatic carbocycles. The Kier molecular flexibility index (Phi) is 7.95. The Morgan fingerprint density at radius 1 is 1.40 bits per heavy atom. The number of esters is 1. The van der Waals surface area contributed by atoms with Gasteiger partial charge in [-0.05, 0) is 6.92 Å². The molecule has 0 aromatic rings. The number of hydrogen-bond acceptors (Lipinski definition) is 6. The van der Waals surface area contributed by atoms with Gasteiger partial charge in [0.2, 0.25) is 4.27 Å². The maximum absolute atomic E-state index is 11.1. The molecule has 2 N–H and O–H groups in total. The SMILES string of the molecule is C=CC(=O)OC(C)(SCCO)SCCO.